The highest BCUT2D eigenvalue weighted by molar-refractivity contribution is 5.76. The molecule has 106 valence electrons. The molecule has 5 heteroatoms. The summed E-state index contributed by atoms with van der Waals surface area (Å²) in [7, 11) is 0. The number of hydrogen-bond acceptors (Lipinski definition) is 3. The standard InChI is InChI=1S/C14H24N4O/c1-3-18-13(10-12(2)16-18)11-15-7-6-14(19)17-8-4-5-9-17/h10,15H,3-9,11H2,1-2H3. The van der Waals surface area contributed by atoms with Gasteiger partial charge >= 0.3 is 0 Å². The van der Waals surface area contributed by atoms with Crippen LogP contribution in [0.1, 0.15) is 37.6 Å². The van der Waals surface area contributed by atoms with Crippen LogP contribution in [0.15, 0.2) is 6.07 Å². The minimum absolute atomic E-state index is 0.283. The predicted octanol–water partition coefficient (Wildman–Crippen LogP) is 1.31. The van der Waals surface area contributed by atoms with Crippen molar-refractivity contribution >= 4 is 5.91 Å². The van der Waals surface area contributed by atoms with Crippen molar-refractivity contribution in [2.45, 2.75) is 46.2 Å². The summed E-state index contributed by atoms with van der Waals surface area (Å²) in [6.07, 6.45) is 2.92. The number of amides is 1. The molecule has 0 bridgehead atoms. The lowest BCUT2D eigenvalue weighted by atomic mass is 10.3. The lowest BCUT2D eigenvalue weighted by Gasteiger charge is -2.15. The van der Waals surface area contributed by atoms with Crippen molar-refractivity contribution in [2.75, 3.05) is 19.6 Å². The van der Waals surface area contributed by atoms with Gasteiger partial charge in [-0.2, -0.15) is 5.10 Å². The zero-order valence-electron chi connectivity index (χ0n) is 12.0. The van der Waals surface area contributed by atoms with Crippen LogP contribution in [0.3, 0.4) is 0 Å². The number of nitrogens with one attached hydrogen (secondary N) is 1. The first kappa shape index (κ1) is 14.1. The molecule has 5 nitrogen and oxygen atoms in total. The maximum atomic E-state index is 11.9. The van der Waals surface area contributed by atoms with E-state index in [4.69, 9.17) is 0 Å². The molecular formula is C14H24N4O. The first-order valence-corrected chi connectivity index (χ1v) is 7.22. The lowest BCUT2D eigenvalue weighted by Crippen LogP contribution is -2.30. The van der Waals surface area contributed by atoms with Crippen LogP contribution in [-0.4, -0.2) is 40.2 Å². The topological polar surface area (TPSA) is 50.2 Å². The maximum absolute atomic E-state index is 11.9. The van der Waals surface area contributed by atoms with Gasteiger partial charge in [0.25, 0.3) is 0 Å². The van der Waals surface area contributed by atoms with Crippen molar-refractivity contribution < 1.29 is 4.79 Å². The monoisotopic (exact) mass is 264 g/mol. The Morgan fingerprint density at radius 3 is 2.84 bits per heavy atom. The van der Waals surface area contributed by atoms with Crippen LogP contribution in [0, 0.1) is 6.92 Å². The summed E-state index contributed by atoms with van der Waals surface area (Å²) >= 11 is 0. The minimum Gasteiger partial charge on any atom is -0.343 e. The Kier molecular flexibility index (Phi) is 4.96. The molecule has 0 saturated carbocycles. The van der Waals surface area contributed by atoms with Gasteiger partial charge < -0.3 is 10.2 Å². The van der Waals surface area contributed by atoms with Crippen molar-refractivity contribution in [2.24, 2.45) is 0 Å². The Hall–Kier alpha value is -1.36. The SMILES string of the molecule is CCn1nc(C)cc1CNCCC(=O)N1CCCC1. The summed E-state index contributed by atoms with van der Waals surface area (Å²) in [5, 5.41) is 7.74. The third-order valence-electron chi connectivity index (χ3n) is 3.57. The highest BCUT2D eigenvalue weighted by Gasteiger charge is 2.16. The smallest absolute Gasteiger partial charge is 0.223 e. The molecule has 0 unspecified atom stereocenters. The Morgan fingerprint density at radius 1 is 1.42 bits per heavy atom. The fraction of sp³-hybridized carbons (Fsp3) is 0.714. The predicted molar refractivity (Wildman–Crippen MR) is 74.8 cm³/mol. The molecule has 2 heterocycles. The van der Waals surface area contributed by atoms with Crippen LogP contribution < -0.4 is 5.32 Å². The van der Waals surface area contributed by atoms with Gasteiger partial charge in [-0.05, 0) is 32.8 Å². The molecule has 1 aromatic heterocycles. The molecule has 0 atom stereocenters. The molecule has 1 saturated heterocycles. The minimum atomic E-state index is 0.283. The number of aryl methyl sites for hydroxylation is 2. The van der Waals surface area contributed by atoms with E-state index in [0.717, 1.165) is 51.3 Å². The van der Waals surface area contributed by atoms with Gasteiger partial charge in [-0.3, -0.25) is 9.48 Å². The molecule has 19 heavy (non-hydrogen) atoms. The number of aromatic nitrogens is 2. The van der Waals surface area contributed by atoms with E-state index in [2.05, 4.69) is 23.4 Å². The summed E-state index contributed by atoms with van der Waals surface area (Å²) in [4.78, 5) is 13.8. The van der Waals surface area contributed by atoms with Gasteiger partial charge in [-0.1, -0.05) is 0 Å². The number of nitrogens with zero attached hydrogens (tertiary/aromatic N) is 3. The van der Waals surface area contributed by atoms with Gasteiger partial charge in [0.15, 0.2) is 0 Å². The van der Waals surface area contributed by atoms with Gasteiger partial charge in [0.05, 0.1) is 11.4 Å². The quantitative estimate of drug-likeness (QED) is 0.788. The van der Waals surface area contributed by atoms with Crippen LogP contribution in [0.4, 0.5) is 0 Å². The van der Waals surface area contributed by atoms with Crippen molar-refractivity contribution in [3.8, 4) is 0 Å². The second-order valence-corrected chi connectivity index (χ2v) is 5.11. The first-order chi connectivity index (χ1) is 9.20. The normalized spacial score (nSPS) is 15.2. The fourth-order valence-electron chi connectivity index (χ4n) is 2.55. The van der Waals surface area contributed by atoms with Crippen LogP contribution >= 0.6 is 0 Å². The summed E-state index contributed by atoms with van der Waals surface area (Å²) < 4.78 is 2.00. The Balaban J connectivity index is 1.69. The molecule has 1 aliphatic rings. The average Bonchev–Trinajstić information content (AvgIpc) is 3.03. The Morgan fingerprint density at radius 2 is 2.16 bits per heavy atom. The average molecular weight is 264 g/mol. The highest BCUT2D eigenvalue weighted by Crippen LogP contribution is 2.08. The van der Waals surface area contributed by atoms with E-state index in [9.17, 15) is 4.79 Å². The molecule has 1 fully saturated rings. The Labute approximate surface area is 115 Å². The van der Waals surface area contributed by atoms with E-state index in [1.165, 1.54) is 5.69 Å². The number of carbonyl (C=O) groups excluding carboxylic acids is 1. The molecule has 1 amide bonds. The largest absolute Gasteiger partial charge is 0.343 e. The highest BCUT2D eigenvalue weighted by atomic mass is 16.2. The van der Waals surface area contributed by atoms with Crippen LogP contribution in [0.5, 0.6) is 0 Å². The van der Waals surface area contributed by atoms with Gasteiger partial charge in [0.1, 0.15) is 0 Å². The van der Waals surface area contributed by atoms with E-state index in [1.54, 1.807) is 0 Å². The van der Waals surface area contributed by atoms with E-state index < -0.39 is 0 Å². The van der Waals surface area contributed by atoms with Crippen LogP contribution in [-0.2, 0) is 17.9 Å². The zero-order chi connectivity index (χ0) is 13.7. The zero-order valence-corrected chi connectivity index (χ0v) is 12.0. The van der Waals surface area contributed by atoms with Crippen molar-refractivity contribution in [1.29, 1.82) is 0 Å². The summed E-state index contributed by atoms with van der Waals surface area (Å²) in [5.74, 6) is 0.283. The summed E-state index contributed by atoms with van der Waals surface area (Å²) in [5.41, 5.74) is 2.24. The van der Waals surface area contributed by atoms with Crippen LogP contribution in [0.25, 0.3) is 0 Å². The first-order valence-electron chi connectivity index (χ1n) is 7.22. The molecule has 0 aliphatic carbocycles. The summed E-state index contributed by atoms with van der Waals surface area (Å²) in [6.45, 7) is 8.39. The number of carbonyl (C=O) groups is 1. The van der Waals surface area contributed by atoms with Gasteiger partial charge in [-0.25, -0.2) is 0 Å². The van der Waals surface area contributed by atoms with Gasteiger partial charge in [0.2, 0.25) is 5.91 Å². The van der Waals surface area contributed by atoms with E-state index >= 15 is 0 Å². The second kappa shape index (κ2) is 6.70. The van der Waals surface area contributed by atoms with E-state index in [-0.39, 0.29) is 5.91 Å². The van der Waals surface area contributed by atoms with Crippen molar-refractivity contribution in [3.63, 3.8) is 0 Å². The van der Waals surface area contributed by atoms with Gasteiger partial charge in [-0.15, -0.1) is 0 Å². The lowest BCUT2D eigenvalue weighted by molar-refractivity contribution is -0.130. The molecule has 1 aliphatic heterocycles. The van der Waals surface area contributed by atoms with E-state index in [1.807, 2.05) is 16.5 Å². The molecule has 0 aromatic carbocycles. The summed E-state index contributed by atoms with van der Waals surface area (Å²) in [6, 6.07) is 2.10. The number of rotatable bonds is 6. The molecule has 0 radical (unpaired) electrons. The van der Waals surface area contributed by atoms with E-state index in [0.29, 0.717) is 6.42 Å². The van der Waals surface area contributed by atoms with Crippen LogP contribution in [0.2, 0.25) is 0 Å². The molecule has 1 N–H and O–H groups in total. The Bertz CT molecular complexity index is 421. The molecular weight excluding hydrogens is 240 g/mol. The van der Waals surface area contributed by atoms with Gasteiger partial charge in [0, 0.05) is 39.1 Å². The maximum Gasteiger partial charge on any atom is 0.223 e. The van der Waals surface area contributed by atoms with Crippen molar-refractivity contribution in [1.82, 2.24) is 20.0 Å². The fourth-order valence-corrected chi connectivity index (χ4v) is 2.55. The van der Waals surface area contributed by atoms with Crippen molar-refractivity contribution in [3.05, 3.63) is 17.5 Å². The molecule has 0 spiro atoms. The molecule has 1 aromatic rings. The molecule has 2 rings (SSSR count). The number of hydrogen-bond donors (Lipinski definition) is 1. The second-order valence-electron chi connectivity index (χ2n) is 5.11. The third kappa shape index (κ3) is 3.80. The number of likely N-dealkylation sites (tertiary alicyclic amines) is 1. The third-order valence-corrected chi connectivity index (χ3v) is 3.57.